The van der Waals surface area contributed by atoms with Gasteiger partial charge in [-0.25, -0.2) is 13.1 Å². The van der Waals surface area contributed by atoms with Crippen molar-refractivity contribution in [2.75, 3.05) is 6.54 Å². The van der Waals surface area contributed by atoms with Gasteiger partial charge in [-0.05, 0) is 44.5 Å². The first-order valence-electron chi connectivity index (χ1n) is 7.35. The molecule has 0 atom stereocenters. The Hall–Kier alpha value is -1.96. The summed E-state index contributed by atoms with van der Waals surface area (Å²) >= 11 is 6.09. The predicted molar refractivity (Wildman–Crippen MR) is 91.6 cm³/mol. The smallest absolute Gasteiger partial charge is 0.241 e. The molecule has 0 saturated heterocycles. The molecule has 0 radical (unpaired) electrons. The molecule has 0 saturated carbocycles. The van der Waals surface area contributed by atoms with Crippen LogP contribution in [0.2, 0.25) is 5.02 Å². The number of benzene rings is 1. The van der Waals surface area contributed by atoms with Crippen LogP contribution in [0, 0.1) is 13.8 Å². The van der Waals surface area contributed by atoms with Crippen LogP contribution in [0.3, 0.4) is 0 Å². The minimum Gasteiger partial charge on any atom is -0.361 e. The Labute approximate surface area is 144 Å². The number of aryl methyl sites for hydroxylation is 2. The fraction of sp³-hybridized carbons (Fsp3) is 0.250. The van der Waals surface area contributed by atoms with Crippen molar-refractivity contribution >= 4 is 32.5 Å². The topological polar surface area (TPSA) is 85.1 Å². The zero-order chi connectivity index (χ0) is 17.3. The van der Waals surface area contributed by atoms with Crippen molar-refractivity contribution in [2.24, 2.45) is 0 Å². The molecule has 2 aromatic heterocycles. The molecule has 0 spiro atoms. The highest BCUT2D eigenvalue weighted by Gasteiger charge is 2.19. The van der Waals surface area contributed by atoms with E-state index in [9.17, 15) is 8.42 Å². The van der Waals surface area contributed by atoms with E-state index in [1.54, 1.807) is 24.4 Å². The third kappa shape index (κ3) is 3.15. The van der Waals surface area contributed by atoms with Gasteiger partial charge >= 0.3 is 0 Å². The maximum absolute atomic E-state index is 12.6. The molecule has 0 fully saturated rings. The van der Waals surface area contributed by atoms with Crippen LogP contribution in [-0.4, -0.2) is 25.1 Å². The lowest BCUT2D eigenvalue weighted by Gasteiger charge is -2.10. The number of nitrogens with zero attached hydrogens (tertiary/aromatic N) is 2. The normalized spacial score (nSPS) is 12.0. The third-order valence-corrected chi connectivity index (χ3v) is 5.64. The Morgan fingerprint density at radius 1 is 1.25 bits per heavy atom. The summed E-state index contributed by atoms with van der Waals surface area (Å²) in [6.45, 7) is 3.89. The first-order valence-corrected chi connectivity index (χ1v) is 9.21. The molecular formula is C16H16ClN3O3S. The minimum atomic E-state index is -3.68. The number of aromatic nitrogens is 2. The highest BCUT2D eigenvalue weighted by molar-refractivity contribution is 7.89. The van der Waals surface area contributed by atoms with E-state index in [-0.39, 0.29) is 11.4 Å². The molecule has 1 aromatic carbocycles. The van der Waals surface area contributed by atoms with E-state index in [0.717, 1.165) is 11.3 Å². The summed E-state index contributed by atoms with van der Waals surface area (Å²) in [5.74, 6) is 0.702. The van der Waals surface area contributed by atoms with Gasteiger partial charge in [0.25, 0.3) is 0 Å². The maximum Gasteiger partial charge on any atom is 0.241 e. The van der Waals surface area contributed by atoms with Gasteiger partial charge in [0.1, 0.15) is 5.76 Å². The molecular weight excluding hydrogens is 350 g/mol. The summed E-state index contributed by atoms with van der Waals surface area (Å²) in [7, 11) is -3.68. The van der Waals surface area contributed by atoms with E-state index in [0.29, 0.717) is 28.1 Å². The van der Waals surface area contributed by atoms with Gasteiger partial charge in [0, 0.05) is 23.7 Å². The molecule has 0 unspecified atom stereocenters. The van der Waals surface area contributed by atoms with Crippen molar-refractivity contribution in [3.8, 4) is 0 Å². The molecule has 0 aliphatic heterocycles. The highest BCUT2D eigenvalue weighted by Crippen LogP contribution is 2.27. The molecule has 2 heterocycles. The second kappa shape index (κ2) is 6.51. The van der Waals surface area contributed by atoms with Crippen LogP contribution in [0.1, 0.15) is 17.0 Å². The number of halogens is 1. The predicted octanol–water partition coefficient (Wildman–Crippen LogP) is 3.01. The van der Waals surface area contributed by atoms with Crippen LogP contribution in [0.4, 0.5) is 0 Å². The van der Waals surface area contributed by atoms with Crippen molar-refractivity contribution in [1.29, 1.82) is 0 Å². The molecule has 0 bridgehead atoms. The van der Waals surface area contributed by atoms with E-state index in [2.05, 4.69) is 14.9 Å². The largest absolute Gasteiger partial charge is 0.361 e. The summed E-state index contributed by atoms with van der Waals surface area (Å²) < 4.78 is 33.0. The van der Waals surface area contributed by atoms with Gasteiger partial charge in [-0.2, -0.15) is 0 Å². The van der Waals surface area contributed by atoms with Crippen molar-refractivity contribution < 1.29 is 12.9 Å². The summed E-state index contributed by atoms with van der Waals surface area (Å²) in [5.41, 5.74) is 2.15. The van der Waals surface area contributed by atoms with Crippen LogP contribution in [0.15, 0.2) is 39.9 Å². The van der Waals surface area contributed by atoms with Gasteiger partial charge < -0.3 is 4.52 Å². The zero-order valence-corrected chi connectivity index (χ0v) is 14.8. The molecule has 24 heavy (non-hydrogen) atoms. The fourth-order valence-corrected chi connectivity index (χ4v) is 4.03. The van der Waals surface area contributed by atoms with E-state index in [4.69, 9.17) is 16.1 Å². The standard InChI is InChI=1S/C16H16ClN3O3S/c1-10-12(11(2)23-20-10)7-9-19-24(21,22)15-6-5-14(17)16-13(15)4-3-8-18-16/h3-6,8,19H,7,9H2,1-2H3. The van der Waals surface area contributed by atoms with E-state index >= 15 is 0 Å². The fourth-order valence-electron chi connectivity index (χ4n) is 2.59. The summed E-state index contributed by atoms with van der Waals surface area (Å²) in [4.78, 5) is 4.32. The van der Waals surface area contributed by atoms with E-state index in [1.807, 2.05) is 13.8 Å². The number of hydrogen-bond donors (Lipinski definition) is 1. The first kappa shape index (κ1) is 16.9. The molecule has 1 N–H and O–H groups in total. The molecule has 0 amide bonds. The van der Waals surface area contributed by atoms with Crippen molar-refractivity contribution in [2.45, 2.75) is 25.2 Å². The van der Waals surface area contributed by atoms with Gasteiger partial charge in [0.15, 0.2) is 0 Å². The highest BCUT2D eigenvalue weighted by atomic mass is 35.5. The van der Waals surface area contributed by atoms with Crippen LogP contribution >= 0.6 is 11.6 Å². The molecule has 126 valence electrons. The number of sulfonamides is 1. The Bertz CT molecular complexity index is 979. The Morgan fingerprint density at radius 3 is 2.75 bits per heavy atom. The maximum atomic E-state index is 12.6. The molecule has 6 nitrogen and oxygen atoms in total. The minimum absolute atomic E-state index is 0.161. The van der Waals surface area contributed by atoms with Gasteiger partial charge in [0.05, 0.1) is 21.1 Å². The summed E-state index contributed by atoms with van der Waals surface area (Å²) in [5, 5.41) is 4.78. The second-order valence-electron chi connectivity index (χ2n) is 5.40. The van der Waals surface area contributed by atoms with E-state index < -0.39 is 10.0 Å². The average molecular weight is 366 g/mol. The molecule has 0 aliphatic carbocycles. The van der Waals surface area contributed by atoms with Crippen molar-refractivity contribution in [1.82, 2.24) is 14.9 Å². The zero-order valence-electron chi connectivity index (χ0n) is 13.2. The van der Waals surface area contributed by atoms with Crippen molar-refractivity contribution in [3.05, 3.63) is 52.5 Å². The third-order valence-electron chi connectivity index (χ3n) is 3.82. The Balaban J connectivity index is 1.85. The number of rotatable bonds is 5. The summed E-state index contributed by atoms with van der Waals surface area (Å²) in [6.07, 6.45) is 2.08. The number of hydrogen-bond acceptors (Lipinski definition) is 5. The van der Waals surface area contributed by atoms with Crippen LogP contribution in [0.5, 0.6) is 0 Å². The molecule has 3 rings (SSSR count). The Morgan fingerprint density at radius 2 is 2.04 bits per heavy atom. The van der Waals surface area contributed by atoms with Gasteiger partial charge in [-0.3, -0.25) is 4.98 Å². The molecule has 3 aromatic rings. The lowest BCUT2D eigenvalue weighted by molar-refractivity contribution is 0.392. The van der Waals surface area contributed by atoms with Gasteiger partial charge in [0.2, 0.25) is 10.0 Å². The monoisotopic (exact) mass is 365 g/mol. The van der Waals surface area contributed by atoms with E-state index in [1.165, 1.54) is 6.07 Å². The SMILES string of the molecule is Cc1noc(C)c1CCNS(=O)(=O)c1ccc(Cl)c2ncccc12. The second-order valence-corrected chi connectivity index (χ2v) is 7.54. The quantitative estimate of drug-likeness (QED) is 0.751. The number of pyridine rings is 1. The lowest BCUT2D eigenvalue weighted by Crippen LogP contribution is -2.26. The molecule has 8 heteroatoms. The number of fused-ring (bicyclic) bond motifs is 1. The van der Waals surface area contributed by atoms with Gasteiger partial charge in [-0.15, -0.1) is 0 Å². The number of nitrogens with one attached hydrogen (secondary N) is 1. The van der Waals surface area contributed by atoms with Crippen molar-refractivity contribution in [3.63, 3.8) is 0 Å². The van der Waals surface area contributed by atoms with Gasteiger partial charge in [-0.1, -0.05) is 16.8 Å². The van der Waals surface area contributed by atoms with Crippen LogP contribution in [-0.2, 0) is 16.4 Å². The first-order chi connectivity index (χ1) is 11.4. The van der Waals surface area contributed by atoms with Crippen LogP contribution in [0.25, 0.3) is 10.9 Å². The van der Waals surface area contributed by atoms with Crippen LogP contribution < -0.4 is 4.72 Å². The molecule has 0 aliphatic rings. The summed E-state index contributed by atoms with van der Waals surface area (Å²) in [6, 6.07) is 6.41. The average Bonchev–Trinajstić information content (AvgIpc) is 2.87. The lowest BCUT2D eigenvalue weighted by atomic mass is 10.1. The Kier molecular flexibility index (Phi) is 4.58.